The third-order valence-corrected chi connectivity index (χ3v) is 3.79. The molecule has 0 aromatic carbocycles. The first-order valence-electron chi connectivity index (χ1n) is 7.59. The number of piperidine rings is 1. The van der Waals surface area contributed by atoms with Crippen LogP contribution in [0.1, 0.15) is 37.7 Å². The monoisotopic (exact) mass is 306 g/mol. The van der Waals surface area contributed by atoms with Gasteiger partial charge in [-0.15, -0.1) is 0 Å². The molecule has 0 aliphatic carbocycles. The second-order valence-corrected chi connectivity index (χ2v) is 5.60. The molecule has 2 amide bonds. The van der Waals surface area contributed by atoms with Crippen LogP contribution in [0.15, 0.2) is 10.9 Å². The Balaban J connectivity index is 1.89. The number of nitrogens with one attached hydrogen (secondary N) is 2. The van der Waals surface area contributed by atoms with Crippen molar-refractivity contribution in [1.29, 1.82) is 0 Å². The van der Waals surface area contributed by atoms with Crippen LogP contribution in [-0.2, 0) is 16.0 Å². The van der Waals surface area contributed by atoms with Crippen molar-refractivity contribution in [1.82, 2.24) is 20.2 Å². The Labute approximate surface area is 129 Å². The van der Waals surface area contributed by atoms with E-state index in [1.807, 2.05) is 0 Å². The van der Waals surface area contributed by atoms with E-state index < -0.39 is 0 Å². The third-order valence-electron chi connectivity index (χ3n) is 3.79. The number of aryl methyl sites for hydroxylation is 1. The van der Waals surface area contributed by atoms with Crippen molar-refractivity contribution in [3.63, 3.8) is 0 Å². The average molecular weight is 306 g/mol. The molecule has 0 saturated carbocycles. The van der Waals surface area contributed by atoms with Gasteiger partial charge in [0.25, 0.3) is 5.56 Å². The van der Waals surface area contributed by atoms with E-state index in [0.29, 0.717) is 37.4 Å². The normalized spacial score (nSPS) is 18.1. The standard InChI is InChI=1S/C15H22N4O3/c1-10-9-14(21)18-13(17-10)6-7-16-15(22)12-5-3-4-8-19(12)11(2)20/h9,12H,3-8H2,1-2H3,(H,16,22)(H,17,18,21)/t12-/m1/s1. The molecule has 1 aliphatic heterocycles. The summed E-state index contributed by atoms with van der Waals surface area (Å²) >= 11 is 0. The maximum absolute atomic E-state index is 12.2. The predicted octanol–water partition coefficient (Wildman–Crippen LogP) is 0.138. The Morgan fingerprint density at radius 2 is 2.23 bits per heavy atom. The number of nitrogens with zero attached hydrogens (tertiary/aromatic N) is 2. The summed E-state index contributed by atoms with van der Waals surface area (Å²) in [6, 6.07) is 1.05. The van der Waals surface area contributed by atoms with E-state index in [-0.39, 0.29) is 23.4 Å². The zero-order valence-corrected chi connectivity index (χ0v) is 13.0. The summed E-state index contributed by atoms with van der Waals surface area (Å²) in [5, 5.41) is 2.83. The molecular formula is C15H22N4O3. The molecule has 7 heteroatoms. The summed E-state index contributed by atoms with van der Waals surface area (Å²) in [6.45, 7) is 4.27. The van der Waals surface area contributed by atoms with Crippen LogP contribution >= 0.6 is 0 Å². The molecule has 120 valence electrons. The SMILES string of the molecule is CC(=O)N1CCCC[C@@H]1C(=O)NCCc1nc(C)cc(=O)[nH]1. The Morgan fingerprint density at radius 1 is 1.45 bits per heavy atom. The molecular weight excluding hydrogens is 284 g/mol. The predicted molar refractivity (Wildman–Crippen MR) is 81.3 cm³/mol. The highest BCUT2D eigenvalue weighted by Gasteiger charge is 2.29. The van der Waals surface area contributed by atoms with Crippen molar-refractivity contribution in [3.05, 3.63) is 27.9 Å². The minimum atomic E-state index is -0.379. The van der Waals surface area contributed by atoms with Crippen molar-refractivity contribution in [2.45, 2.75) is 45.6 Å². The summed E-state index contributed by atoms with van der Waals surface area (Å²) < 4.78 is 0. The summed E-state index contributed by atoms with van der Waals surface area (Å²) in [4.78, 5) is 43.7. The van der Waals surface area contributed by atoms with Crippen molar-refractivity contribution < 1.29 is 9.59 Å². The lowest BCUT2D eigenvalue weighted by Gasteiger charge is -2.33. The Bertz CT molecular complexity index is 611. The molecule has 1 saturated heterocycles. The molecule has 0 spiro atoms. The van der Waals surface area contributed by atoms with E-state index in [1.165, 1.54) is 13.0 Å². The first-order chi connectivity index (χ1) is 10.5. The molecule has 0 radical (unpaired) electrons. The van der Waals surface area contributed by atoms with Gasteiger partial charge in [0.2, 0.25) is 11.8 Å². The lowest BCUT2D eigenvalue weighted by atomic mass is 10.0. The Hall–Kier alpha value is -2.18. The van der Waals surface area contributed by atoms with Gasteiger partial charge in [0.05, 0.1) is 0 Å². The van der Waals surface area contributed by atoms with Gasteiger partial charge in [0, 0.05) is 38.2 Å². The van der Waals surface area contributed by atoms with Gasteiger partial charge >= 0.3 is 0 Å². The van der Waals surface area contributed by atoms with Gasteiger partial charge in [-0.2, -0.15) is 0 Å². The minimum absolute atomic E-state index is 0.0652. The van der Waals surface area contributed by atoms with Crippen LogP contribution in [0.3, 0.4) is 0 Å². The largest absolute Gasteiger partial charge is 0.354 e. The van der Waals surface area contributed by atoms with Crippen molar-refractivity contribution in [2.75, 3.05) is 13.1 Å². The molecule has 2 heterocycles. The smallest absolute Gasteiger partial charge is 0.251 e. The summed E-state index contributed by atoms with van der Waals surface area (Å²) in [7, 11) is 0. The van der Waals surface area contributed by atoms with Gasteiger partial charge in [0.1, 0.15) is 11.9 Å². The van der Waals surface area contributed by atoms with E-state index in [1.54, 1.807) is 11.8 Å². The Morgan fingerprint density at radius 3 is 2.91 bits per heavy atom. The lowest BCUT2D eigenvalue weighted by Crippen LogP contribution is -2.51. The summed E-state index contributed by atoms with van der Waals surface area (Å²) in [6.07, 6.45) is 3.05. The van der Waals surface area contributed by atoms with Gasteiger partial charge < -0.3 is 15.2 Å². The number of aromatic nitrogens is 2. The fourth-order valence-corrected chi connectivity index (χ4v) is 2.76. The van der Waals surface area contributed by atoms with E-state index in [2.05, 4.69) is 15.3 Å². The fourth-order valence-electron chi connectivity index (χ4n) is 2.76. The van der Waals surface area contributed by atoms with Crippen LogP contribution in [0.25, 0.3) is 0 Å². The molecule has 1 fully saturated rings. The van der Waals surface area contributed by atoms with Crippen LogP contribution < -0.4 is 10.9 Å². The molecule has 1 aliphatic rings. The number of hydrogen-bond donors (Lipinski definition) is 2. The topological polar surface area (TPSA) is 95.2 Å². The molecule has 0 unspecified atom stereocenters. The number of H-pyrrole nitrogens is 1. The number of likely N-dealkylation sites (tertiary alicyclic amines) is 1. The number of amides is 2. The molecule has 7 nitrogen and oxygen atoms in total. The maximum atomic E-state index is 12.2. The summed E-state index contributed by atoms with van der Waals surface area (Å²) in [5.74, 6) is 0.354. The van der Waals surface area contributed by atoms with Crippen LogP contribution in [0.5, 0.6) is 0 Å². The summed E-state index contributed by atoms with van der Waals surface area (Å²) in [5.41, 5.74) is 0.462. The zero-order chi connectivity index (χ0) is 16.1. The molecule has 2 rings (SSSR count). The van der Waals surface area contributed by atoms with Crippen molar-refractivity contribution in [2.24, 2.45) is 0 Å². The van der Waals surface area contributed by atoms with E-state index in [9.17, 15) is 14.4 Å². The first-order valence-corrected chi connectivity index (χ1v) is 7.59. The second kappa shape index (κ2) is 7.20. The number of aromatic amines is 1. The molecule has 2 N–H and O–H groups in total. The highest BCUT2D eigenvalue weighted by Crippen LogP contribution is 2.17. The number of hydrogen-bond acceptors (Lipinski definition) is 4. The molecule has 1 atom stereocenters. The van der Waals surface area contributed by atoms with Crippen LogP contribution in [0, 0.1) is 6.92 Å². The lowest BCUT2D eigenvalue weighted by molar-refractivity contribution is -0.140. The minimum Gasteiger partial charge on any atom is -0.354 e. The number of rotatable bonds is 4. The number of carbonyl (C=O) groups is 2. The first kappa shape index (κ1) is 16.2. The zero-order valence-electron chi connectivity index (χ0n) is 13.0. The third kappa shape index (κ3) is 4.16. The van der Waals surface area contributed by atoms with Crippen LogP contribution in [0.2, 0.25) is 0 Å². The van der Waals surface area contributed by atoms with Gasteiger partial charge in [-0.1, -0.05) is 0 Å². The maximum Gasteiger partial charge on any atom is 0.251 e. The van der Waals surface area contributed by atoms with Crippen molar-refractivity contribution in [3.8, 4) is 0 Å². The quantitative estimate of drug-likeness (QED) is 0.827. The van der Waals surface area contributed by atoms with E-state index >= 15 is 0 Å². The molecule has 0 bridgehead atoms. The molecule has 1 aromatic heterocycles. The highest BCUT2D eigenvalue weighted by atomic mass is 16.2. The fraction of sp³-hybridized carbons (Fsp3) is 0.600. The van der Waals surface area contributed by atoms with E-state index in [4.69, 9.17) is 0 Å². The Kier molecular flexibility index (Phi) is 5.30. The van der Waals surface area contributed by atoms with Crippen LogP contribution in [0.4, 0.5) is 0 Å². The number of carbonyl (C=O) groups excluding carboxylic acids is 2. The van der Waals surface area contributed by atoms with Crippen molar-refractivity contribution >= 4 is 11.8 Å². The van der Waals surface area contributed by atoms with Gasteiger partial charge in [-0.3, -0.25) is 14.4 Å². The van der Waals surface area contributed by atoms with E-state index in [0.717, 1.165) is 12.8 Å². The molecule has 22 heavy (non-hydrogen) atoms. The van der Waals surface area contributed by atoms with Gasteiger partial charge in [0.15, 0.2) is 0 Å². The second-order valence-electron chi connectivity index (χ2n) is 5.60. The van der Waals surface area contributed by atoms with Gasteiger partial charge in [-0.05, 0) is 26.2 Å². The highest BCUT2D eigenvalue weighted by molar-refractivity contribution is 5.87. The van der Waals surface area contributed by atoms with Crippen LogP contribution in [-0.4, -0.2) is 45.8 Å². The molecule has 1 aromatic rings. The average Bonchev–Trinajstić information content (AvgIpc) is 2.46. The van der Waals surface area contributed by atoms with Gasteiger partial charge in [-0.25, -0.2) is 4.98 Å².